The summed E-state index contributed by atoms with van der Waals surface area (Å²) < 4.78 is 27.1. The van der Waals surface area contributed by atoms with Gasteiger partial charge in [-0.3, -0.25) is 5.10 Å². The molecule has 0 spiro atoms. The van der Waals surface area contributed by atoms with Crippen LogP contribution in [0.3, 0.4) is 0 Å². The lowest BCUT2D eigenvalue weighted by atomic mass is 9.89. The van der Waals surface area contributed by atoms with Gasteiger partial charge in [0.15, 0.2) is 0 Å². The Morgan fingerprint density at radius 3 is 2.18 bits per heavy atom. The van der Waals surface area contributed by atoms with Crippen molar-refractivity contribution in [1.82, 2.24) is 14.9 Å². The number of aromatic nitrogens is 2. The van der Waals surface area contributed by atoms with Crippen molar-refractivity contribution >= 4 is 10.0 Å². The summed E-state index contributed by atoms with van der Waals surface area (Å²) in [5.74, 6) is 0. The molecule has 1 aromatic heterocycles. The highest BCUT2D eigenvalue weighted by atomic mass is 32.2. The number of hydrogen-bond donors (Lipinski definition) is 2. The Balaban J connectivity index is 3.07. The van der Waals surface area contributed by atoms with Crippen LogP contribution < -0.4 is 4.72 Å². The van der Waals surface area contributed by atoms with Gasteiger partial charge in [0.05, 0.1) is 11.4 Å². The van der Waals surface area contributed by atoms with Crippen molar-refractivity contribution in [3.8, 4) is 0 Å². The molecule has 2 N–H and O–H groups in total. The Labute approximate surface area is 103 Å². The molecule has 1 rings (SSSR count). The highest BCUT2D eigenvalue weighted by Crippen LogP contribution is 2.22. The van der Waals surface area contributed by atoms with Gasteiger partial charge in [-0.05, 0) is 26.2 Å². The smallest absolute Gasteiger partial charge is 0.244 e. The summed E-state index contributed by atoms with van der Waals surface area (Å²) in [7, 11) is -3.50. The van der Waals surface area contributed by atoms with E-state index < -0.39 is 10.0 Å². The molecule has 0 saturated heterocycles. The van der Waals surface area contributed by atoms with Gasteiger partial charge in [0, 0.05) is 6.04 Å². The lowest BCUT2D eigenvalue weighted by Crippen LogP contribution is -2.41. The molecule has 0 aliphatic carbocycles. The van der Waals surface area contributed by atoms with Crippen LogP contribution in [-0.4, -0.2) is 24.7 Å². The number of rotatable bonds is 3. The van der Waals surface area contributed by atoms with E-state index >= 15 is 0 Å². The van der Waals surface area contributed by atoms with Crippen molar-refractivity contribution in [2.75, 3.05) is 0 Å². The molecule has 0 aromatic carbocycles. The second-order valence-corrected chi connectivity index (χ2v) is 7.12. The molecule has 1 aromatic rings. The lowest BCUT2D eigenvalue weighted by molar-refractivity contribution is 0.317. The fourth-order valence-corrected chi connectivity index (χ4v) is 3.23. The predicted molar refractivity (Wildman–Crippen MR) is 67.3 cm³/mol. The minimum absolute atomic E-state index is 0.126. The number of nitrogens with one attached hydrogen (secondary N) is 2. The first-order valence-corrected chi connectivity index (χ1v) is 7.08. The summed E-state index contributed by atoms with van der Waals surface area (Å²) in [5, 5.41) is 6.59. The van der Waals surface area contributed by atoms with Crippen LogP contribution in [0.15, 0.2) is 4.90 Å². The zero-order valence-electron chi connectivity index (χ0n) is 11.2. The zero-order chi connectivity index (χ0) is 13.4. The van der Waals surface area contributed by atoms with E-state index in [-0.39, 0.29) is 16.4 Å². The maximum absolute atomic E-state index is 12.2. The van der Waals surface area contributed by atoms with E-state index in [0.717, 1.165) is 0 Å². The Morgan fingerprint density at radius 1 is 1.29 bits per heavy atom. The summed E-state index contributed by atoms with van der Waals surface area (Å²) in [6.45, 7) is 11.2. The van der Waals surface area contributed by atoms with E-state index in [9.17, 15) is 8.42 Å². The molecule has 17 heavy (non-hydrogen) atoms. The van der Waals surface area contributed by atoms with Crippen molar-refractivity contribution in [1.29, 1.82) is 0 Å². The van der Waals surface area contributed by atoms with Gasteiger partial charge in [-0.25, -0.2) is 13.1 Å². The van der Waals surface area contributed by atoms with Crippen molar-refractivity contribution in [2.24, 2.45) is 5.41 Å². The van der Waals surface area contributed by atoms with E-state index in [2.05, 4.69) is 14.9 Å². The molecule has 0 radical (unpaired) electrons. The van der Waals surface area contributed by atoms with Crippen molar-refractivity contribution < 1.29 is 8.42 Å². The van der Waals surface area contributed by atoms with Crippen LogP contribution in [0.4, 0.5) is 0 Å². The van der Waals surface area contributed by atoms with Gasteiger partial charge in [-0.15, -0.1) is 0 Å². The minimum atomic E-state index is -3.50. The minimum Gasteiger partial charge on any atom is -0.281 e. The number of H-pyrrole nitrogens is 1. The number of nitrogens with zero attached hydrogens (tertiary/aromatic N) is 1. The van der Waals surface area contributed by atoms with Crippen LogP contribution >= 0.6 is 0 Å². The molecule has 0 saturated carbocycles. The standard InChI is InChI=1S/C11H21N3O2S/c1-7-10(8(2)13-12-7)17(15,16)14-9(3)11(4,5)6/h9,14H,1-6H3,(H,12,13). The Hall–Kier alpha value is -0.880. The Bertz CT molecular complexity index is 478. The van der Waals surface area contributed by atoms with Crippen LogP contribution in [-0.2, 0) is 10.0 Å². The Morgan fingerprint density at radius 2 is 1.82 bits per heavy atom. The third-order valence-corrected chi connectivity index (χ3v) is 4.76. The fraction of sp³-hybridized carbons (Fsp3) is 0.727. The molecule has 0 aliphatic rings. The van der Waals surface area contributed by atoms with E-state index in [1.165, 1.54) is 0 Å². The van der Waals surface area contributed by atoms with Gasteiger partial charge >= 0.3 is 0 Å². The molecule has 0 bridgehead atoms. The normalized spacial score (nSPS) is 14.9. The lowest BCUT2D eigenvalue weighted by Gasteiger charge is -2.27. The zero-order valence-corrected chi connectivity index (χ0v) is 12.1. The van der Waals surface area contributed by atoms with Crippen molar-refractivity contribution in [2.45, 2.75) is 52.5 Å². The van der Waals surface area contributed by atoms with Crippen LogP contribution in [0.1, 0.15) is 39.1 Å². The van der Waals surface area contributed by atoms with Crippen LogP contribution in [0.25, 0.3) is 0 Å². The maximum atomic E-state index is 12.2. The summed E-state index contributed by atoms with van der Waals surface area (Å²) in [6, 6.07) is -0.152. The summed E-state index contributed by atoms with van der Waals surface area (Å²) >= 11 is 0. The van der Waals surface area contributed by atoms with Crippen molar-refractivity contribution in [3.05, 3.63) is 11.4 Å². The predicted octanol–water partition coefficient (Wildman–Crippen LogP) is 1.74. The average molecular weight is 259 g/mol. The van der Waals surface area contributed by atoms with Crippen LogP contribution in [0.2, 0.25) is 0 Å². The van der Waals surface area contributed by atoms with E-state index in [1.54, 1.807) is 13.8 Å². The first-order chi connectivity index (χ1) is 7.55. The number of sulfonamides is 1. The Kier molecular flexibility index (Phi) is 3.69. The van der Waals surface area contributed by atoms with Gasteiger partial charge in [-0.2, -0.15) is 5.10 Å². The van der Waals surface area contributed by atoms with Gasteiger partial charge in [0.2, 0.25) is 10.0 Å². The second kappa shape index (κ2) is 4.42. The highest BCUT2D eigenvalue weighted by Gasteiger charge is 2.28. The molecule has 0 aliphatic heterocycles. The number of aryl methyl sites for hydroxylation is 2. The molecule has 0 fully saturated rings. The molecule has 5 nitrogen and oxygen atoms in total. The average Bonchev–Trinajstić information content (AvgIpc) is 2.43. The fourth-order valence-electron chi connectivity index (χ4n) is 1.41. The first-order valence-electron chi connectivity index (χ1n) is 5.59. The monoisotopic (exact) mass is 259 g/mol. The second-order valence-electron chi connectivity index (χ2n) is 5.47. The molecular formula is C11H21N3O2S. The summed E-state index contributed by atoms with van der Waals surface area (Å²) in [4.78, 5) is 0.258. The van der Waals surface area contributed by atoms with Gasteiger partial charge in [0.25, 0.3) is 0 Å². The highest BCUT2D eigenvalue weighted by molar-refractivity contribution is 7.89. The van der Waals surface area contributed by atoms with Gasteiger partial charge < -0.3 is 0 Å². The van der Waals surface area contributed by atoms with E-state index in [1.807, 2.05) is 27.7 Å². The van der Waals surface area contributed by atoms with Crippen LogP contribution in [0, 0.1) is 19.3 Å². The molecular weight excluding hydrogens is 238 g/mol. The molecule has 6 heteroatoms. The van der Waals surface area contributed by atoms with Crippen LogP contribution in [0.5, 0.6) is 0 Å². The molecule has 98 valence electrons. The number of hydrogen-bond acceptors (Lipinski definition) is 3. The topological polar surface area (TPSA) is 74.8 Å². The quantitative estimate of drug-likeness (QED) is 0.868. The third kappa shape index (κ3) is 3.07. The SMILES string of the molecule is Cc1n[nH]c(C)c1S(=O)(=O)NC(C)C(C)(C)C. The van der Waals surface area contributed by atoms with E-state index in [0.29, 0.717) is 11.4 Å². The largest absolute Gasteiger partial charge is 0.281 e. The summed E-state index contributed by atoms with van der Waals surface area (Å²) in [5.41, 5.74) is 0.936. The van der Waals surface area contributed by atoms with E-state index in [4.69, 9.17) is 0 Å². The molecule has 1 atom stereocenters. The number of aromatic amines is 1. The van der Waals surface area contributed by atoms with Gasteiger partial charge in [-0.1, -0.05) is 20.8 Å². The third-order valence-electron chi connectivity index (χ3n) is 2.96. The van der Waals surface area contributed by atoms with Gasteiger partial charge in [0.1, 0.15) is 4.90 Å². The molecule has 1 heterocycles. The maximum Gasteiger partial charge on any atom is 0.244 e. The van der Waals surface area contributed by atoms with Crippen molar-refractivity contribution in [3.63, 3.8) is 0 Å². The molecule has 1 unspecified atom stereocenters. The first kappa shape index (κ1) is 14.2. The summed E-state index contributed by atoms with van der Waals surface area (Å²) in [6.07, 6.45) is 0. The molecule has 0 amide bonds.